The minimum Gasteiger partial charge on any atom is -0.490 e. The Balaban J connectivity index is 2.60. The number of halogens is 2. The van der Waals surface area contributed by atoms with Crippen molar-refractivity contribution in [3.63, 3.8) is 0 Å². The predicted molar refractivity (Wildman–Crippen MR) is 63.1 cm³/mol. The molecule has 1 aromatic heterocycles. The van der Waals surface area contributed by atoms with E-state index < -0.39 is 12.6 Å². The molecular formula is C12H11F2NO4. The molecule has 19 heavy (non-hydrogen) atoms. The number of carboxylic acids is 1. The van der Waals surface area contributed by atoms with Crippen molar-refractivity contribution in [2.75, 3.05) is 6.61 Å². The molecule has 0 saturated heterocycles. The average molecular weight is 271 g/mol. The second-order valence-corrected chi connectivity index (χ2v) is 3.65. The van der Waals surface area contributed by atoms with Crippen molar-refractivity contribution in [2.24, 2.45) is 0 Å². The van der Waals surface area contributed by atoms with Crippen molar-refractivity contribution < 1.29 is 28.2 Å². The summed E-state index contributed by atoms with van der Waals surface area (Å²) in [6.45, 7) is -1.04. The number of H-pyrrole nitrogens is 1. The molecule has 0 aliphatic carbocycles. The molecule has 0 amide bonds. The number of benzene rings is 1. The number of ether oxygens (including phenoxy) is 2. The van der Waals surface area contributed by atoms with Crippen LogP contribution in [-0.4, -0.2) is 29.3 Å². The molecular weight excluding hydrogens is 260 g/mol. The number of alkyl halides is 2. The van der Waals surface area contributed by atoms with Gasteiger partial charge in [-0.1, -0.05) is 0 Å². The largest absolute Gasteiger partial charge is 0.490 e. The van der Waals surface area contributed by atoms with Gasteiger partial charge in [-0.3, -0.25) is 0 Å². The number of nitrogens with one attached hydrogen (secondary N) is 1. The van der Waals surface area contributed by atoms with Gasteiger partial charge in [0.05, 0.1) is 12.1 Å². The van der Waals surface area contributed by atoms with E-state index in [2.05, 4.69) is 9.72 Å². The van der Waals surface area contributed by atoms with E-state index in [0.717, 1.165) is 0 Å². The number of rotatable bonds is 5. The molecule has 1 aromatic carbocycles. The number of hydrogen-bond acceptors (Lipinski definition) is 3. The van der Waals surface area contributed by atoms with Crippen LogP contribution >= 0.6 is 0 Å². The average Bonchev–Trinajstić information content (AvgIpc) is 2.76. The summed E-state index contributed by atoms with van der Waals surface area (Å²) in [6, 6.07) is 4.23. The van der Waals surface area contributed by atoms with Crippen LogP contribution in [0, 0.1) is 0 Å². The molecule has 0 unspecified atom stereocenters. The fraction of sp³-hybridized carbons (Fsp3) is 0.250. The number of hydrogen-bond donors (Lipinski definition) is 2. The second kappa shape index (κ2) is 5.13. The van der Waals surface area contributed by atoms with Gasteiger partial charge >= 0.3 is 12.6 Å². The van der Waals surface area contributed by atoms with E-state index in [1.807, 2.05) is 0 Å². The van der Waals surface area contributed by atoms with Crippen LogP contribution in [0.4, 0.5) is 8.78 Å². The molecule has 1 heterocycles. The quantitative estimate of drug-likeness (QED) is 0.877. The zero-order chi connectivity index (χ0) is 14.0. The first-order valence-corrected chi connectivity index (χ1v) is 5.49. The van der Waals surface area contributed by atoms with Crippen molar-refractivity contribution >= 4 is 16.9 Å². The SMILES string of the molecule is CCOc1ccc2[nH]c(C(=O)O)cc2c1OC(F)F. The minimum atomic E-state index is -3.02. The second-order valence-electron chi connectivity index (χ2n) is 3.65. The molecule has 7 heteroatoms. The lowest BCUT2D eigenvalue weighted by Gasteiger charge is -2.11. The molecule has 0 radical (unpaired) electrons. The van der Waals surface area contributed by atoms with E-state index in [0.29, 0.717) is 5.52 Å². The zero-order valence-electron chi connectivity index (χ0n) is 9.94. The first-order chi connectivity index (χ1) is 9.02. The minimum absolute atomic E-state index is 0.109. The topological polar surface area (TPSA) is 71.6 Å². The van der Waals surface area contributed by atoms with Gasteiger partial charge in [0.1, 0.15) is 5.69 Å². The molecule has 0 aliphatic rings. The Morgan fingerprint density at radius 2 is 2.21 bits per heavy atom. The lowest BCUT2D eigenvalue weighted by molar-refractivity contribution is -0.0503. The molecule has 2 rings (SSSR count). The molecule has 2 aromatic rings. The highest BCUT2D eigenvalue weighted by Gasteiger charge is 2.18. The third-order valence-electron chi connectivity index (χ3n) is 2.46. The van der Waals surface area contributed by atoms with Gasteiger partial charge in [-0.15, -0.1) is 0 Å². The van der Waals surface area contributed by atoms with Crippen molar-refractivity contribution in [1.82, 2.24) is 4.98 Å². The summed E-state index contributed by atoms with van der Waals surface area (Å²) >= 11 is 0. The fourth-order valence-electron chi connectivity index (χ4n) is 1.75. The number of carbonyl (C=O) groups is 1. The van der Waals surface area contributed by atoms with Crippen LogP contribution in [0.1, 0.15) is 17.4 Å². The van der Waals surface area contributed by atoms with Crippen LogP contribution in [0.2, 0.25) is 0 Å². The summed E-state index contributed by atoms with van der Waals surface area (Å²) in [5, 5.41) is 9.12. The Morgan fingerprint density at radius 3 is 2.79 bits per heavy atom. The summed E-state index contributed by atoms with van der Waals surface area (Å²) in [4.78, 5) is 13.5. The van der Waals surface area contributed by atoms with Crippen LogP contribution < -0.4 is 9.47 Å². The van der Waals surface area contributed by atoms with Crippen LogP contribution in [0.3, 0.4) is 0 Å². The smallest absolute Gasteiger partial charge is 0.387 e. The molecule has 0 atom stereocenters. The molecule has 0 saturated carbocycles. The number of fused-ring (bicyclic) bond motifs is 1. The lowest BCUT2D eigenvalue weighted by Crippen LogP contribution is -2.04. The summed E-state index contributed by atoms with van der Waals surface area (Å²) in [7, 11) is 0. The van der Waals surface area contributed by atoms with Gasteiger partial charge in [0.2, 0.25) is 0 Å². The Kier molecular flexibility index (Phi) is 3.55. The maximum Gasteiger partial charge on any atom is 0.387 e. The van der Waals surface area contributed by atoms with Crippen molar-refractivity contribution in [3.05, 3.63) is 23.9 Å². The van der Waals surface area contributed by atoms with E-state index >= 15 is 0 Å². The van der Waals surface area contributed by atoms with Gasteiger partial charge in [0.15, 0.2) is 11.5 Å². The Bertz CT molecular complexity index is 609. The predicted octanol–water partition coefficient (Wildman–Crippen LogP) is 2.87. The van der Waals surface area contributed by atoms with Gasteiger partial charge in [0, 0.05) is 5.39 Å². The third kappa shape index (κ3) is 2.59. The summed E-state index contributed by atoms with van der Waals surface area (Å²) in [5.41, 5.74) is 0.277. The number of aromatic carboxylic acids is 1. The Hall–Kier alpha value is -2.31. The molecule has 5 nitrogen and oxygen atoms in total. The molecule has 2 N–H and O–H groups in total. The monoisotopic (exact) mass is 271 g/mol. The van der Waals surface area contributed by atoms with Gasteiger partial charge in [-0.2, -0.15) is 8.78 Å². The van der Waals surface area contributed by atoms with E-state index in [9.17, 15) is 13.6 Å². The maximum atomic E-state index is 12.4. The molecule has 0 aliphatic heterocycles. The Morgan fingerprint density at radius 1 is 1.47 bits per heavy atom. The molecule has 0 fully saturated rings. The van der Waals surface area contributed by atoms with Crippen LogP contribution in [0.15, 0.2) is 18.2 Å². The molecule has 102 valence electrons. The third-order valence-corrected chi connectivity index (χ3v) is 2.46. The summed E-state index contributed by atoms with van der Waals surface area (Å²) in [6.07, 6.45) is 0. The van der Waals surface area contributed by atoms with Crippen molar-refractivity contribution in [3.8, 4) is 11.5 Å². The van der Waals surface area contributed by atoms with E-state index in [4.69, 9.17) is 9.84 Å². The van der Waals surface area contributed by atoms with Crippen molar-refractivity contribution in [1.29, 1.82) is 0 Å². The van der Waals surface area contributed by atoms with E-state index in [1.54, 1.807) is 13.0 Å². The molecule has 0 spiro atoms. The maximum absolute atomic E-state index is 12.4. The highest BCUT2D eigenvalue weighted by atomic mass is 19.3. The van der Waals surface area contributed by atoms with Gasteiger partial charge in [-0.05, 0) is 25.1 Å². The number of aromatic amines is 1. The first-order valence-electron chi connectivity index (χ1n) is 5.49. The number of carboxylic acid groups (broad SMARTS) is 1. The number of aromatic nitrogens is 1. The zero-order valence-corrected chi connectivity index (χ0v) is 9.94. The normalized spacial score (nSPS) is 10.9. The highest BCUT2D eigenvalue weighted by Crippen LogP contribution is 2.37. The van der Waals surface area contributed by atoms with Crippen LogP contribution in [0.5, 0.6) is 11.5 Å². The lowest BCUT2D eigenvalue weighted by atomic mass is 10.2. The molecule has 0 bridgehead atoms. The summed E-state index contributed by atoms with van der Waals surface area (Å²) in [5.74, 6) is -1.21. The van der Waals surface area contributed by atoms with E-state index in [1.165, 1.54) is 12.1 Å². The van der Waals surface area contributed by atoms with E-state index in [-0.39, 0.29) is 29.2 Å². The highest BCUT2D eigenvalue weighted by molar-refractivity contribution is 5.97. The standard InChI is InChI=1S/C12H11F2NO4/c1-2-18-9-4-3-7-6(10(9)19-12(13)14)5-8(15-7)11(16)17/h3-5,12,15H,2H2,1H3,(H,16,17). The Labute approximate surface area is 106 Å². The van der Waals surface area contributed by atoms with Crippen molar-refractivity contribution in [2.45, 2.75) is 13.5 Å². The van der Waals surface area contributed by atoms with Crippen LogP contribution in [0.25, 0.3) is 10.9 Å². The van der Waals surface area contributed by atoms with Gasteiger partial charge < -0.3 is 19.6 Å². The fourth-order valence-corrected chi connectivity index (χ4v) is 1.75. The van der Waals surface area contributed by atoms with Gasteiger partial charge in [0.25, 0.3) is 0 Å². The first kappa shape index (κ1) is 13.1. The summed E-state index contributed by atoms with van der Waals surface area (Å²) < 4.78 is 34.5. The van der Waals surface area contributed by atoms with Gasteiger partial charge in [-0.25, -0.2) is 4.79 Å². The van der Waals surface area contributed by atoms with Crippen LogP contribution in [-0.2, 0) is 0 Å².